The first-order valence-corrected chi connectivity index (χ1v) is 8.68. The van der Waals surface area contributed by atoms with Gasteiger partial charge in [-0.2, -0.15) is 0 Å². The van der Waals surface area contributed by atoms with Crippen LogP contribution in [0.1, 0.15) is 15.3 Å². The van der Waals surface area contributed by atoms with Crippen LogP contribution >= 0.6 is 22.7 Å². The Bertz CT molecular complexity index is 859. The number of benzene rings is 1. The molecule has 1 N–H and O–H groups in total. The number of nitrogens with one attached hydrogen (secondary N) is 1. The van der Waals surface area contributed by atoms with Crippen molar-refractivity contribution in [2.75, 3.05) is 5.32 Å². The van der Waals surface area contributed by atoms with E-state index in [0.717, 1.165) is 32.8 Å². The first-order valence-electron chi connectivity index (χ1n) is 6.92. The molecule has 0 aliphatic carbocycles. The second-order valence-corrected chi connectivity index (χ2v) is 6.89. The molecule has 0 atom stereocenters. The minimum Gasteiger partial charge on any atom is -0.337 e. The highest BCUT2D eigenvalue weighted by atomic mass is 32.1. The summed E-state index contributed by atoms with van der Waals surface area (Å²) in [6.07, 6.45) is 0. The summed E-state index contributed by atoms with van der Waals surface area (Å²) in [7, 11) is 0. The Morgan fingerprint density at radius 2 is 1.68 bits per heavy atom. The van der Waals surface area contributed by atoms with Gasteiger partial charge in [-0.25, -0.2) is 9.98 Å². The van der Waals surface area contributed by atoms with Crippen LogP contribution in [0.15, 0.2) is 63.2 Å². The Kier molecular flexibility index (Phi) is 3.36. The van der Waals surface area contributed by atoms with Crippen LogP contribution in [0, 0.1) is 6.92 Å². The molecule has 0 bridgehead atoms. The predicted molar refractivity (Wildman–Crippen MR) is 96.2 cm³/mol. The number of hydrogen-bond acceptors (Lipinski definition) is 5. The van der Waals surface area contributed by atoms with Crippen LogP contribution in [0.5, 0.6) is 0 Å². The second kappa shape index (κ2) is 5.51. The number of thiophene rings is 2. The molecule has 1 aliphatic heterocycles. The van der Waals surface area contributed by atoms with Crippen LogP contribution < -0.4 is 5.32 Å². The molecule has 5 heteroatoms. The van der Waals surface area contributed by atoms with E-state index in [1.165, 1.54) is 5.56 Å². The van der Waals surface area contributed by atoms with Crippen LogP contribution in [0.4, 0.5) is 11.4 Å². The Hall–Kier alpha value is -2.24. The molecule has 0 spiro atoms. The second-order valence-electron chi connectivity index (χ2n) is 5.00. The molecule has 22 heavy (non-hydrogen) atoms. The van der Waals surface area contributed by atoms with Gasteiger partial charge in [-0.1, -0.05) is 18.2 Å². The Labute approximate surface area is 136 Å². The van der Waals surface area contributed by atoms with Crippen LogP contribution in [0.2, 0.25) is 0 Å². The third kappa shape index (κ3) is 2.49. The van der Waals surface area contributed by atoms with E-state index in [4.69, 9.17) is 9.98 Å². The Morgan fingerprint density at radius 1 is 0.909 bits per heavy atom. The summed E-state index contributed by atoms with van der Waals surface area (Å²) < 4.78 is 0. The van der Waals surface area contributed by atoms with Crippen molar-refractivity contribution in [3.63, 3.8) is 0 Å². The average molecular weight is 323 g/mol. The lowest BCUT2D eigenvalue weighted by Crippen LogP contribution is -2.13. The van der Waals surface area contributed by atoms with E-state index < -0.39 is 0 Å². The van der Waals surface area contributed by atoms with Crippen molar-refractivity contribution in [1.29, 1.82) is 0 Å². The summed E-state index contributed by atoms with van der Waals surface area (Å²) in [6, 6.07) is 14.4. The molecule has 2 aromatic heterocycles. The number of aliphatic imine (C=N–C) groups is 2. The summed E-state index contributed by atoms with van der Waals surface area (Å²) in [4.78, 5) is 11.7. The van der Waals surface area contributed by atoms with Gasteiger partial charge in [0.25, 0.3) is 0 Å². The molecule has 0 amide bonds. The zero-order valence-electron chi connectivity index (χ0n) is 11.9. The molecule has 0 saturated carbocycles. The highest BCUT2D eigenvalue weighted by Crippen LogP contribution is 2.31. The third-order valence-corrected chi connectivity index (χ3v) is 5.09. The molecule has 1 aromatic carbocycles. The topological polar surface area (TPSA) is 36.8 Å². The normalized spacial score (nSPS) is 13.7. The van der Waals surface area contributed by atoms with E-state index >= 15 is 0 Å². The van der Waals surface area contributed by atoms with Crippen molar-refractivity contribution in [1.82, 2.24) is 0 Å². The SMILES string of the molecule is Cc1ccc2c(c1)NC(c1cccs1)=NC(c1cccs1)=N2. The molecular formula is C17H13N3S2. The number of amidine groups is 2. The van der Waals surface area contributed by atoms with Gasteiger partial charge in [0.2, 0.25) is 0 Å². The van der Waals surface area contributed by atoms with Crippen molar-refractivity contribution in [2.45, 2.75) is 6.92 Å². The molecule has 4 rings (SSSR count). The number of aryl methyl sites for hydroxylation is 1. The zero-order valence-corrected chi connectivity index (χ0v) is 13.5. The molecule has 3 aromatic rings. The summed E-state index contributed by atoms with van der Waals surface area (Å²) in [6.45, 7) is 2.08. The van der Waals surface area contributed by atoms with Crippen molar-refractivity contribution in [3.05, 3.63) is 68.5 Å². The number of nitrogens with zero attached hydrogens (tertiary/aromatic N) is 2. The summed E-state index contributed by atoms with van der Waals surface area (Å²) in [5.41, 5.74) is 3.12. The van der Waals surface area contributed by atoms with E-state index in [1.807, 2.05) is 23.6 Å². The van der Waals surface area contributed by atoms with E-state index in [9.17, 15) is 0 Å². The van der Waals surface area contributed by atoms with Gasteiger partial charge < -0.3 is 5.32 Å². The third-order valence-electron chi connectivity index (χ3n) is 3.35. The lowest BCUT2D eigenvalue weighted by atomic mass is 10.2. The van der Waals surface area contributed by atoms with Gasteiger partial charge in [-0.05, 0) is 47.5 Å². The summed E-state index contributed by atoms with van der Waals surface area (Å²) in [5, 5.41) is 7.55. The van der Waals surface area contributed by atoms with Crippen LogP contribution in [0.25, 0.3) is 0 Å². The minimum atomic E-state index is 0.758. The van der Waals surface area contributed by atoms with Crippen LogP contribution in [0.3, 0.4) is 0 Å². The van der Waals surface area contributed by atoms with E-state index in [-0.39, 0.29) is 0 Å². The summed E-state index contributed by atoms with van der Waals surface area (Å²) in [5.74, 6) is 1.61. The maximum atomic E-state index is 4.78. The molecule has 108 valence electrons. The standard InChI is InChI=1S/C17H13N3S2/c1-11-6-7-12-13(10-11)19-17(15-5-3-9-22-15)20-16(18-12)14-4-2-8-21-14/h2-10H,1H3,(H,18,19,20). The molecule has 1 aliphatic rings. The first kappa shape index (κ1) is 13.4. The number of fused-ring (bicyclic) bond motifs is 1. The first-order chi connectivity index (χ1) is 10.8. The van der Waals surface area contributed by atoms with E-state index in [2.05, 4.69) is 41.9 Å². The van der Waals surface area contributed by atoms with Gasteiger partial charge in [0, 0.05) is 0 Å². The highest BCUT2D eigenvalue weighted by molar-refractivity contribution is 7.12. The quantitative estimate of drug-likeness (QED) is 0.702. The predicted octanol–water partition coefficient (Wildman–Crippen LogP) is 5.07. The minimum absolute atomic E-state index is 0.758. The lowest BCUT2D eigenvalue weighted by Gasteiger charge is -2.08. The van der Waals surface area contributed by atoms with Gasteiger partial charge in [-0.15, -0.1) is 22.7 Å². The van der Waals surface area contributed by atoms with Crippen molar-refractivity contribution >= 4 is 45.7 Å². The van der Waals surface area contributed by atoms with Crippen molar-refractivity contribution in [3.8, 4) is 0 Å². The van der Waals surface area contributed by atoms with Crippen LogP contribution in [-0.2, 0) is 0 Å². The van der Waals surface area contributed by atoms with Crippen molar-refractivity contribution in [2.24, 2.45) is 9.98 Å². The maximum Gasteiger partial charge on any atom is 0.172 e. The number of rotatable bonds is 2. The smallest absolute Gasteiger partial charge is 0.172 e. The van der Waals surface area contributed by atoms with E-state index in [0.29, 0.717) is 0 Å². The lowest BCUT2D eigenvalue weighted by molar-refractivity contribution is 1.43. The molecule has 0 saturated heterocycles. The molecule has 0 radical (unpaired) electrons. The fourth-order valence-corrected chi connectivity index (χ4v) is 3.62. The van der Waals surface area contributed by atoms with Gasteiger partial charge in [0.15, 0.2) is 5.84 Å². The molecular weight excluding hydrogens is 310 g/mol. The van der Waals surface area contributed by atoms with E-state index in [1.54, 1.807) is 22.7 Å². The highest BCUT2D eigenvalue weighted by Gasteiger charge is 2.16. The van der Waals surface area contributed by atoms with Gasteiger partial charge >= 0.3 is 0 Å². The van der Waals surface area contributed by atoms with Gasteiger partial charge in [0.1, 0.15) is 5.84 Å². The largest absolute Gasteiger partial charge is 0.337 e. The molecule has 0 fully saturated rings. The van der Waals surface area contributed by atoms with Crippen molar-refractivity contribution < 1.29 is 0 Å². The maximum absolute atomic E-state index is 4.78. The Balaban J connectivity index is 1.90. The fourth-order valence-electron chi connectivity index (χ4n) is 2.29. The fraction of sp³-hybridized carbons (Fsp3) is 0.0588. The van der Waals surface area contributed by atoms with Gasteiger partial charge in [-0.3, -0.25) is 0 Å². The number of anilines is 1. The monoisotopic (exact) mass is 323 g/mol. The number of hydrogen-bond donors (Lipinski definition) is 1. The molecule has 0 unspecified atom stereocenters. The molecule has 3 heterocycles. The average Bonchev–Trinajstić information content (AvgIpc) is 3.18. The van der Waals surface area contributed by atoms with Crippen LogP contribution in [-0.4, -0.2) is 11.7 Å². The zero-order chi connectivity index (χ0) is 14.9. The summed E-state index contributed by atoms with van der Waals surface area (Å²) >= 11 is 3.33. The van der Waals surface area contributed by atoms with Gasteiger partial charge in [0.05, 0.1) is 21.1 Å². The Morgan fingerprint density at radius 3 is 2.41 bits per heavy atom. The molecule has 3 nitrogen and oxygen atoms in total.